The predicted octanol–water partition coefficient (Wildman–Crippen LogP) is 3.49. The number of phenols is 1. The second-order valence-electron chi connectivity index (χ2n) is 4.52. The Morgan fingerprint density at radius 2 is 2.18 bits per heavy atom. The van der Waals surface area contributed by atoms with Crippen molar-refractivity contribution in [1.82, 2.24) is 9.97 Å². The Bertz CT molecular complexity index is 812. The van der Waals surface area contributed by atoms with Gasteiger partial charge in [-0.2, -0.15) is 5.10 Å². The van der Waals surface area contributed by atoms with Crippen LogP contribution in [0.4, 0.5) is 5.95 Å². The van der Waals surface area contributed by atoms with Crippen molar-refractivity contribution in [3.8, 4) is 11.5 Å². The number of hydrazone groups is 1. The first-order chi connectivity index (χ1) is 10.7. The van der Waals surface area contributed by atoms with E-state index in [1.54, 1.807) is 6.07 Å². The summed E-state index contributed by atoms with van der Waals surface area (Å²) >= 11 is 3.36. The number of nitrogens with zero attached hydrogens (tertiary/aromatic N) is 2. The highest BCUT2D eigenvalue weighted by Gasteiger charge is 2.06. The lowest BCUT2D eigenvalue weighted by Crippen LogP contribution is -1.93. The number of fused-ring (bicyclic) bond motifs is 1. The van der Waals surface area contributed by atoms with Crippen LogP contribution < -0.4 is 10.2 Å². The van der Waals surface area contributed by atoms with Crippen LogP contribution in [0.3, 0.4) is 0 Å². The maximum absolute atomic E-state index is 9.92. The summed E-state index contributed by atoms with van der Waals surface area (Å²) in [5.74, 6) is 1.17. The Balaban J connectivity index is 1.78. The number of H-pyrrole nitrogens is 1. The summed E-state index contributed by atoms with van der Waals surface area (Å²) in [5, 5.41) is 14.0. The molecule has 0 unspecified atom stereocenters. The number of ether oxygens (including phenoxy) is 1. The molecular weight excluding hydrogens is 348 g/mol. The molecule has 0 saturated heterocycles. The molecule has 0 spiro atoms. The Morgan fingerprint density at radius 3 is 2.95 bits per heavy atom. The van der Waals surface area contributed by atoms with Crippen LogP contribution >= 0.6 is 15.9 Å². The Hall–Kier alpha value is -2.54. The van der Waals surface area contributed by atoms with Crippen LogP contribution in [0.2, 0.25) is 0 Å². The highest BCUT2D eigenvalue weighted by atomic mass is 79.9. The molecule has 22 heavy (non-hydrogen) atoms. The van der Waals surface area contributed by atoms with Crippen molar-refractivity contribution in [3.63, 3.8) is 0 Å². The molecule has 0 aliphatic heterocycles. The normalized spacial score (nSPS) is 11.2. The summed E-state index contributed by atoms with van der Waals surface area (Å²) in [7, 11) is 1.54. The molecule has 0 atom stereocenters. The van der Waals surface area contributed by atoms with Crippen LogP contribution in [0, 0.1) is 0 Å². The molecule has 0 saturated carbocycles. The summed E-state index contributed by atoms with van der Waals surface area (Å²) < 4.78 is 5.84. The molecule has 3 rings (SSSR count). The third-order valence-electron chi connectivity index (χ3n) is 3.06. The van der Waals surface area contributed by atoms with Gasteiger partial charge < -0.3 is 14.8 Å². The van der Waals surface area contributed by atoms with E-state index in [0.717, 1.165) is 15.5 Å². The van der Waals surface area contributed by atoms with Gasteiger partial charge in [0.05, 0.1) is 28.8 Å². The maximum atomic E-state index is 9.92. The standard InChI is InChI=1S/C15H13BrN4O2/c1-22-14-7-13(21)9(6-10(14)16)8-17-20-15-18-11-4-2-3-5-12(11)19-15/h2-8,21H,1H3,(H2,18,19,20)/b17-8-. The van der Waals surface area contributed by atoms with E-state index < -0.39 is 0 Å². The van der Waals surface area contributed by atoms with Gasteiger partial charge in [-0.15, -0.1) is 0 Å². The van der Waals surface area contributed by atoms with Crippen LogP contribution in [-0.4, -0.2) is 28.4 Å². The van der Waals surface area contributed by atoms with Gasteiger partial charge in [-0.25, -0.2) is 10.4 Å². The van der Waals surface area contributed by atoms with Gasteiger partial charge in [0.25, 0.3) is 0 Å². The molecule has 0 radical (unpaired) electrons. The van der Waals surface area contributed by atoms with Gasteiger partial charge in [-0.05, 0) is 34.1 Å². The van der Waals surface area contributed by atoms with Crippen LogP contribution in [-0.2, 0) is 0 Å². The number of para-hydroxylation sites is 2. The Labute approximate surface area is 135 Å². The minimum absolute atomic E-state index is 0.0789. The van der Waals surface area contributed by atoms with Gasteiger partial charge in [0.2, 0.25) is 5.95 Å². The zero-order valence-corrected chi connectivity index (χ0v) is 13.3. The van der Waals surface area contributed by atoms with E-state index in [9.17, 15) is 5.11 Å². The van der Waals surface area contributed by atoms with Gasteiger partial charge >= 0.3 is 0 Å². The topological polar surface area (TPSA) is 82.5 Å². The van der Waals surface area contributed by atoms with E-state index in [2.05, 4.69) is 36.4 Å². The number of hydrogen-bond acceptors (Lipinski definition) is 5. The smallest absolute Gasteiger partial charge is 0.222 e. The molecule has 3 N–H and O–H groups in total. The fourth-order valence-electron chi connectivity index (χ4n) is 1.99. The lowest BCUT2D eigenvalue weighted by molar-refractivity contribution is 0.405. The first kappa shape index (κ1) is 14.4. The molecule has 0 aliphatic rings. The van der Waals surface area contributed by atoms with Crippen molar-refractivity contribution < 1.29 is 9.84 Å². The molecule has 112 valence electrons. The van der Waals surface area contributed by atoms with Crippen molar-refractivity contribution >= 4 is 39.1 Å². The SMILES string of the molecule is COc1cc(O)c(/C=N\Nc2nc3ccccc3[nH]2)cc1Br. The molecule has 2 aromatic carbocycles. The van der Waals surface area contributed by atoms with Crippen LogP contribution in [0.25, 0.3) is 11.0 Å². The van der Waals surface area contributed by atoms with Crippen molar-refractivity contribution in [2.75, 3.05) is 12.5 Å². The van der Waals surface area contributed by atoms with Gasteiger partial charge in [0, 0.05) is 11.6 Å². The highest BCUT2D eigenvalue weighted by Crippen LogP contribution is 2.31. The summed E-state index contributed by atoms with van der Waals surface area (Å²) in [6.07, 6.45) is 1.51. The van der Waals surface area contributed by atoms with E-state index in [0.29, 0.717) is 17.3 Å². The van der Waals surface area contributed by atoms with Gasteiger partial charge in [0.1, 0.15) is 11.5 Å². The predicted molar refractivity (Wildman–Crippen MR) is 89.7 cm³/mol. The summed E-state index contributed by atoms with van der Waals surface area (Å²) in [4.78, 5) is 7.44. The number of aromatic nitrogens is 2. The second-order valence-corrected chi connectivity index (χ2v) is 5.37. The average molecular weight is 361 g/mol. The molecule has 0 amide bonds. The van der Waals surface area contributed by atoms with Crippen molar-refractivity contribution in [3.05, 3.63) is 46.4 Å². The van der Waals surface area contributed by atoms with E-state index in [-0.39, 0.29) is 5.75 Å². The van der Waals surface area contributed by atoms with Crippen LogP contribution in [0.1, 0.15) is 5.56 Å². The summed E-state index contributed by atoms with van der Waals surface area (Å²) in [6.45, 7) is 0. The summed E-state index contributed by atoms with van der Waals surface area (Å²) in [5.41, 5.74) is 5.14. The molecule has 0 bridgehead atoms. The lowest BCUT2D eigenvalue weighted by atomic mass is 10.2. The molecule has 1 aromatic heterocycles. The largest absolute Gasteiger partial charge is 0.507 e. The monoisotopic (exact) mass is 360 g/mol. The first-order valence-electron chi connectivity index (χ1n) is 6.47. The molecule has 7 heteroatoms. The fraction of sp³-hybridized carbons (Fsp3) is 0.0667. The minimum Gasteiger partial charge on any atom is -0.507 e. The number of hydrogen-bond donors (Lipinski definition) is 3. The van der Waals surface area contributed by atoms with Crippen LogP contribution in [0.15, 0.2) is 46.0 Å². The zero-order valence-electron chi connectivity index (χ0n) is 11.7. The van der Waals surface area contributed by atoms with E-state index in [1.807, 2.05) is 24.3 Å². The second kappa shape index (κ2) is 6.07. The lowest BCUT2D eigenvalue weighted by Gasteiger charge is -2.05. The van der Waals surface area contributed by atoms with Crippen molar-refractivity contribution in [2.24, 2.45) is 5.10 Å². The molecule has 6 nitrogen and oxygen atoms in total. The number of halogens is 1. The number of nitrogens with one attached hydrogen (secondary N) is 2. The van der Waals surface area contributed by atoms with Crippen molar-refractivity contribution in [1.29, 1.82) is 0 Å². The fourth-order valence-corrected chi connectivity index (χ4v) is 2.51. The number of anilines is 1. The number of aromatic amines is 1. The number of benzene rings is 2. The van der Waals surface area contributed by atoms with E-state index in [1.165, 1.54) is 19.4 Å². The van der Waals surface area contributed by atoms with E-state index >= 15 is 0 Å². The van der Waals surface area contributed by atoms with Gasteiger partial charge in [-0.3, -0.25) is 0 Å². The highest BCUT2D eigenvalue weighted by molar-refractivity contribution is 9.10. The molecular formula is C15H13BrN4O2. The first-order valence-corrected chi connectivity index (χ1v) is 7.27. The van der Waals surface area contributed by atoms with E-state index in [4.69, 9.17) is 4.74 Å². The van der Waals surface area contributed by atoms with Gasteiger partial charge in [-0.1, -0.05) is 12.1 Å². The van der Waals surface area contributed by atoms with Crippen LogP contribution in [0.5, 0.6) is 11.5 Å². The molecule has 3 aromatic rings. The Kier molecular flexibility index (Phi) is 3.97. The van der Waals surface area contributed by atoms with Gasteiger partial charge in [0.15, 0.2) is 0 Å². The number of methoxy groups -OCH3 is 1. The minimum atomic E-state index is 0.0789. The number of aromatic hydroxyl groups is 1. The average Bonchev–Trinajstić information content (AvgIpc) is 2.93. The third kappa shape index (κ3) is 2.89. The number of imidazole rings is 1. The number of rotatable bonds is 4. The molecule has 0 fully saturated rings. The maximum Gasteiger partial charge on any atom is 0.222 e. The third-order valence-corrected chi connectivity index (χ3v) is 3.68. The Morgan fingerprint density at radius 1 is 1.36 bits per heavy atom. The summed E-state index contributed by atoms with van der Waals surface area (Å²) in [6, 6.07) is 10.9. The molecule has 1 heterocycles. The number of phenolic OH excluding ortho intramolecular Hbond substituents is 1. The zero-order chi connectivity index (χ0) is 15.5. The molecule has 0 aliphatic carbocycles. The van der Waals surface area contributed by atoms with Crippen molar-refractivity contribution in [2.45, 2.75) is 0 Å². The quantitative estimate of drug-likeness (QED) is 0.491.